The lowest BCUT2D eigenvalue weighted by atomic mass is 9.96. The second-order valence-electron chi connectivity index (χ2n) is 6.56. The summed E-state index contributed by atoms with van der Waals surface area (Å²) in [6.07, 6.45) is 5.95. The average molecular weight is 327 g/mol. The standard InChI is InChI=1S/C19H25N3O2/c1-15-4-3-5-18(12-15)24-14-19(23)21-9-6-17(7-10-21)13-22-11-8-20-16(22)2/h3-5,8,11-12,17H,6-7,9-10,13-14H2,1-2H3. The minimum atomic E-state index is 0.0776. The number of carbonyl (C=O) groups is 1. The molecule has 0 aliphatic carbocycles. The lowest BCUT2D eigenvalue weighted by molar-refractivity contribution is -0.134. The minimum absolute atomic E-state index is 0.0776. The molecule has 3 rings (SSSR count). The second kappa shape index (κ2) is 7.51. The zero-order valence-corrected chi connectivity index (χ0v) is 14.4. The summed E-state index contributed by atoms with van der Waals surface area (Å²) in [7, 11) is 0. The van der Waals surface area contributed by atoms with E-state index in [4.69, 9.17) is 4.74 Å². The van der Waals surface area contributed by atoms with Gasteiger partial charge in [-0.25, -0.2) is 4.98 Å². The van der Waals surface area contributed by atoms with E-state index in [0.717, 1.165) is 49.6 Å². The maximum atomic E-state index is 12.3. The molecule has 0 N–H and O–H groups in total. The molecule has 1 fully saturated rings. The molecule has 1 aromatic carbocycles. The molecule has 0 spiro atoms. The Bertz CT molecular complexity index is 687. The summed E-state index contributed by atoms with van der Waals surface area (Å²) in [5.41, 5.74) is 1.13. The van der Waals surface area contributed by atoms with Crippen molar-refractivity contribution in [3.8, 4) is 5.75 Å². The van der Waals surface area contributed by atoms with E-state index in [2.05, 4.69) is 9.55 Å². The van der Waals surface area contributed by atoms with Crippen LogP contribution in [0.2, 0.25) is 0 Å². The van der Waals surface area contributed by atoms with Gasteiger partial charge in [0.25, 0.3) is 5.91 Å². The highest BCUT2D eigenvalue weighted by Crippen LogP contribution is 2.20. The zero-order chi connectivity index (χ0) is 16.9. The molecule has 128 valence electrons. The molecule has 24 heavy (non-hydrogen) atoms. The average Bonchev–Trinajstić information content (AvgIpc) is 2.98. The summed E-state index contributed by atoms with van der Waals surface area (Å²) in [5.74, 6) is 2.50. The van der Waals surface area contributed by atoms with Gasteiger partial charge in [-0.1, -0.05) is 12.1 Å². The van der Waals surface area contributed by atoms with Crippen molar-refractivity contribution < 1.29 is 9.53 Å². The Morgan fingerprint density at radius 3 is 2.75 bits per heavy atom. The largest absolute Gasteiger partial charge is 0.484 e. The van der Waals surface area contributed by atoms with E-state index in [9.17, 15) is 4.79 Å². The fourth-order valence-corrected chi connectivity index (χ4v) is 3.18. The molecule has 0 unspecified atom stereocenters. The molecule has 0 atom stereocenters. The van der Waals surface area contributed by atoms with Crippen LogP contribution in [0.25, 0.3) is 0 Å². The number of hydrogen-bond donors (Lipinski definition) is 0. The third-order valence-corrected chi connectivity index (χ3v) is 4.70. The number of aromatic nitrogens is 2. The number of hydrogen-bond acceptors (Lipinski definition) is 3. The fourth-order valence-electron chi connectivity index (χ4n) is 3.18. The molecular weight excluding hydrogens is 302 g/mol. The molecule has 1 saturated heterocycles. The van der Waals surface area contributed by atoms with Crippen LogP contribution in [0.4, 0.5) is 0 Å². The molecule has 0 radical (unpaired) electrons. The number of amides is 1. The van der Waals surface area contributed by atoms with Gasteiger partial charge >= 0.3 is 0 Å². The number of likely N-dealkylation sites (tertiary alicyclic amines) is 1. The van der Waals surface area contributed by atoms with Gasteiger partial charge < -0.3 is 14.2 Å². The lowest BCUT2D eigenvalue weighted by Gasteiger charge is -2.32. The van der Waals surface area contributed by atoms with Gasteiger partial charge in [-0.3, -0.25) is 4.79 Å². The lowest BCUT2D eigenvalue weighted by Crippen LogP contribution is -2.41. The summed E-state index contributed by atoms with van der Waals surface area (Å²) in [6, 6.07) is 7.80. The van der Waals surface area contributed by atoms with Gasteiger partial charge in [-0.15, -0.1) is 0 Å². The maximum Gasteiger partial charge on any atom is 0.260 e. The van der Waals surface area contributed by atoms with Gasteiger partial charge in [-0.2, -0.15) is 0 Å². The molecule has 5 nitrogen and oxygen atoms in total. The van der Waals surface area contributed by atoms with E-state index in [1.54, 1.807) is 0 Å². The van der Waals surface area contributed by atoms with Crippen molar-refractivity contribution in [2.24, 2.45) is 5.92 Å². The van der Waals surface area contributed by atoms with Crippen molar-refractivity contribution in [3.05, 3.63) is 48.0 Å². The van der Waals surface area contributed by atoms with Crippen LogP contribution in [-0.2, 0) is 11.3 Å². The first-order valence-corrected chi connectivity index (χ1v) is 8.57. The van der Waals surface area contributed by atoms with Crippen LogP contribution in [0, 0.1) is 19.8 Å². The van der Waals surface area contributed by atoms with Crippen molar-refractivity contribution in [2.45, 2.75) is 33.2 Å². The third kappa shape index (κ3) is 4.16. The summed E-state index contributed by atoms with van der Waals surface area (Å²) >= 11 is 0. The number of rotatable bonds is 5. The van der Waals surface area contributed by atoms with E-state index in [1.165, 1.54) is 0 Å². The number of carbonyl (C=O) groups excluding carboxylic acids is 1. The maximum absolute atomic E-state index is 12.3. The van der Waals surface area contributed by atoms with Crippen molar-refractivity contribution in [1.82, 2.24) is 14.5 Å². The second-order valence-corrected chi connectivity index (χ2v) is 6.56. The normalized spacial score (nSPS) is 15.5. The van der Waals surface area contributed by atoms with Gasteiger partial charge in [0.1, 0.15) is 11.6 Å². The fraction of sp³-hybridized carbons (Fsp3) is 0.474. The molecule has 0 bridgehead atoms. The van der Waals surface area contributed by atoms with Crippen LogP contribution in [0.3, 0.4) is 0 Å². The highest BCUT2D eigenvalue weighted by atomic mass is 16.5. The topological polar surface area (TPSA) is 47.4 Å². The van der Waals surface area contributed by atoms with Crippen molar-refractivity contribution in [1.29, 1.82) is 0 Å². The number of aryl methyl sites for hydroxylation is 2. The van der Waals surface area contributed by atoms with E-state index in [-0.39, 0.29) is 12.5 Å². The van der Waals surface area contributed by atoms with E-state index < -0.39 is 0 Å². The molecule has 0 saturated carbocycles. The molecular formula is C19H25N3O2. The Kier molecular flexibility index (Phi) is 5.18. The molecule has 5 heteroatoms. The number of piperidine rings is 1. The first kappa shape index (κ1) is 16.6. The highest BCUT2D eigenvalue weighted by Gasteiger charge is 2.23. The van der Waals surface area contributed by atoms with Gasteiger partial charge in [-0.05, 0) is 50.3 Å². The third-order valence-electron chi connectivity index (χ3n) is 4.70. The molecule has 1 aliphatic rings. The summed E-state index contributed by atoms with van der Waals surface area (Å²) < 4.78 is 7.82. The zero-order valence-electron chi connectivity index (χ0n) is 14.4. The first-order chi connectivity index (χ1) is 11.6. The molecule has 1 amide bonds. The van der Waals surface area contributed by atoms with Gasteiger partial charge in [0.15, 0.2) is 6.61 Å². The van der Waals surface area contributed by atoms with Crippen molar-refractivity contribution in [3.63, 3.8) is 0 Å². The highest BCUT2D eigenvalue weighted by molar-refractivity contribution is 5.77. The predicted octanol–water partition coefficient (Wildman–Crippen LogP) is 2.82. The smallest absolute Gasteiger partial charge is 0.260 e. The van der Waals surface area contributed by atoms with Crippen LogP contribution in [-0.4, -0.2) is 40.1 Å². The van der Waals surface area contributed by atoms with Crippen LogP contribution >= 0.6 is 0 Å². The quantitative estimate of drug-likeness (QED) is 0.848. The summed E-state index contributed by atoms with van der Waals surface area (Å²) in [5, 5.41) is 0. The van der Waals surface area contributed by atoms with Crippen LogP contribution in [0.15, 0.2) is 36.7 Å². The predicted molar refractivity (Wildman–Crippen MR) is 92.9 cm³/mol. The first-order valence-electron chi connectivity index (χ1n) is 8.57. The van der Waals surface area contributed by atoms with Gasteiger partial charge in [0.05, 0.1) is 0 Å². The van der Waals surface area contributed by atoms with E-state index in [1.807, 2.05) is 55.4 Å². The van der Waals surface area contributed by atoms with Crippen LogP contribution < -0.4 is 4.74 Å². The van der Waals surface area contributed by atoms with E-state index >= 15 is 0 Å². The van der Waals surface area contributed by atoms with E-state index in [0.29, 0.717) is 5.92 Å². The Morgan fingerprint density at radius 1 is 1.29 bits per heavy atom. The van der Waals surface area contributed by atoms with Gasteiger partial charge in [0.2, 0.25) is 0 Å². The molecule has 1 aliphatic heterocycles. The minimum Gasteiger partial charge on any atom is -0.484 e. The number of ether oxygens (including phenoxy) is 1. The Balaban J connectivity index is 1.44. The Morgan fingerprint density at radius 2 is 2.08 bits per heavy atom. The Hall–Kier alpha value is -2.30. The Labute approximate surface area is 143 Å². The number of benzene rings is 1. The number of nitrogens with zero attached hydrogens (tertiary/aromatic N) is 3. The van der Waals surface area contributed by atoms with Crippen molar-refractivity contribution in [2.75, 3.05) is 19.7 Å². The summed E-state index contributed by atoms with van der Waals surface area (Å²) in [4.78, 5) is 18.5. The number of imidazole rings is 1. The van der Waals surface area contributed by atoms with Crippen LogP contribution in [0.1, 0.15) is 24.2 Å². The van der Waals surface area contributed by atoms with Crippen LogP contribution in [0.5, 0.6) is 5.75 Å². The molecule has 2 heterocycles. The monoisotopic (exact) mass is 327 g/mol. The molecule has 1 aromatic heterocycles. The summed E-state index contributed by atoms with van der Waals surface area (Å²) in [6.45, 7) is 6.79. The SMILES string of the molecule is Cc1cccc(OCC(=O)N2CCC(Cn3ccnc3C)CC2)c1. The molecule has 2 aromatic rings. The van der Waals surface area contributed by atoms with Gasteiger partial charge in [0, 0.05) is 32.0 Å². The van der Waals surface area contributed by atoms with Crippen molar-refractivity contribution >= 4 is 5.91 Å².